The van der Waals surface area contributed by atoms with Crippen molar-refractivity contribution in [2.24, 2.45) is 11.8 Å². The molecule has 0 amide bonds. The fraction of sp³-hybridized carbons (Fsp3) is 0.500. The average molecular weight is 429 g/mol. The smallest absolute Gasteiger partial charge is 0.330 e. The molecule has 5 heteroatoms. The number of carbonyl (C=O) groups is 1. The van der Waals surface area contributed by atoms with Crippen LogP contribution in [0.15, 0.2) is 66.8 Å². The number of allylic oxidation sites excluding steroid dienone is 2. The largest absolute Gasteiger partial charge is 0.466 e. The van der Waals surface area contributed by atoms with Gasteiger partial charge in [-0.2, -0.15) is 0 Å². The number of carbonyl (C=O) groups excluding carboxylic acids is 1. The molecule has 0 unspecified atom stereocenters. The van der Waals surface area contributed by atoms with Gasteiger partial charge in [-0.1, -0.05) is 74.6 Å². The Morgan fingerprint density at radius 1 is 1.19 bits per heavy atom. The summed E-state index contributed by atoms with van der Waals surface area (Å²) in [6.45, 7) is 7.94. The first-order valence-corrected chi connectivity index (χ1v) is 10.9. The number of hydrogen-bond acceptors (Lipinski definition) is 5. The third kappa shape index (κ3) is 8.82. The highest BCUT2D eigenvalue weighted by Crippen LogP contribution is 2.31. The second-order valence-corrected chi connectivity index (χ2v) is 8.58. The zero-order valence-electron chi connectivity index (χ0n) is 19.2. The first kappa shape index (κ1) is 25.1. The second-order valence-electron chi connectivity index (χ2n) is 8.58. The van der Waals surface area contributed by atoms with Crippen LogP contribution in [0, 0.1) is 11.8 Å². The predicted molar refractivity (Wildman–Crippen MR) is 122 cm³/mol. The molecule has 0 radical (unpaired) electrons. The van der Waals surface area contributed by atoms with E-state index in [-0.39, 0.29) is 30.0 Å². The van der Waals surface area contributed by atoms with Gasteiger partial charge in [-0.25, -0.2) is 4.79 Å². The van der Waals surface area contributed by atoms with E-state index in [0.29, 0.717) is 12.8 Å². The summed E-state index contributed by atoms with van der Waals surface area (Å²) in [5.41, 5.74) is 1.13. The van der Waals surface area contributed by atoms with E-state index in [4.69, 9.17) is 9.47 Å². The summed E-state index contributed by atoms with van der Waals surface area (Å²) in [7, 11) is 1.35. The van der Waals surface area contributed by atoms with E-state index >= 15 is 0 Å². The molecule has 31 heavy (non-hydrogen) atoms. The number of methoxy groups -OCH3 is 1. The van der Waals surface area contributed by atoms with E-state index in [1.54, 1.807) is 6.08 Å². The molecule has 0 aliphatic carbocycles. The van der Waals surface area contributed by atoms with Crippen molar-refractivity contribution >= 4 is 5.97 Å². The van der Waals surface area contributed by atoms with E-state index in [9.17, 15) is 9.90 Å². The predicted octanol–water partition coefficient (Wildman–Crippen LogP) is 4.61. The SMILES string of the molecule is COC(=O)/C=C\C=C\[C@@H](C)[C@@H]1C[C@@H](/C=C\[C@@H](C)[C@@H](O)Cc2ccccc2)OC(C)(C)O1. The van der Waals surface area contributed by atoms with Crippen molar-refractivity contribution in [2.45, 2.75) is 64.6 Å². The van der Waals surface area contributed by atoms with Gasteiger partial charge in [0.05, 0.1) is 25.4 Å². The molecular formula is C26H36O5. The molecule has 0 saturated carbocycles. The summed E-state index contributed by atoms with van der Waals surface area (Å²) < 4.78 is 16.8. The molecule has 5 atom stereocenters. The summed E-state index contributed by atoms with van der Waals surface area (Å²) in [5.74, 6) is -0.931. The average Bonchev–Trinajstić information content (AvgIpc) is 2.74. The van der Waals surface area contributed by atoms with Crippen LogP contribution in [-0.2, 0) is 25.4 Å². The molecule has 1 aromatic rings. The molecular weight excluding hydrogens is 392 g/mol. The van der Waals surface area contributed by atoms with Crippen LogP contribution in [0.2, 0.25) is 0 Å². The van der Waals surface area contributed by atoms with Gasteiger partial charge >= 0.3 is 5.97 Å². The van der Waals surface area contributed by atoms with Gasteiger partial charge in [0, 0.05) is 24.3 Å². The highest BCUT2D eigenvalue weighted by molar-refractivity contribution is 5.82. The van der Waals surface area contributed by atoms with Gasteiger partial charge in [0.1, 0.15) is 0 Å². The third-order valence-corrected chi connectivity index (χ3v) is 5.40. The molecule has 0 aromatic heterocycles. The first-order chi connectivity index (χ1) is 14.7. The van der Waals surface area contributed by atoms with Crippen molar-refractivity contribution in [3.05, 3.63) is 72.4 Å². The molecule has 1 aliphatic rings. The lowest BCUT2D eigenvalue weighted by molar-refractivity contribution is -0.295. The second kappa shape index (κ2) is 12.0. The molecule has 1 heterocycles. The third-order valence-electron chi connectivity index (χ3n) is 5.40. The Labute approximate surface area is 186 Å². The molecule has 2 rings (SSSR count). The minimum atomic E-state index is -0.701. The van der Waals surface area contributed by atoms with Crippen LogP contribution in [0.4, 0.5) is 0 Å². The number of hydrogen-bond donors (Lipinski definition) is 1. The zero-order valence-corrected chi connectivity index (χ0v) is 19.2. The molecule has 5 nitrogen and oxygen atoms in total. The summed E-state index contributed by atoms with van der Waals surface area (Å²) in [4.78, 5) is 11.2. The molecule has 1 fully saturated rings. The first-order valence-electron chi connectivity index (χ1n) is 10.9. The molecule has 1 aromatic carbocycles. The minimum Gasteiger partial charge on any atom is -0.466 e. The van der Waals surface area contributed by atoms with Crippen LogP contribution in [0.3, 0.4) is 0 Å². The highest BCUT2D eigenvalue weighted by atomic mass is 16.7. The Bertz CT molecular complexity index is 765. The standard InChI is InChI=1S/C26H36O5/c1-19(23(27)17-21-12-7-6-8-13-21)15-16-22-18-24(31-26(3,4)30-22)20(2)11-9-10-14-25(28)29-5/h6-16,19-20,22-24,27H,17-18H2,1-5H3/b11-9+,14-10-,16-15-/t19-,20-,22-,23+,24+/m1/s1. The highest BCUT2D eigenvalue weighted by Gasteiger charge is 2.36. The van der Waals surface area contributed by atoms with E-state index in [1.807, 2.05) is 75.4 Å². The zero-order chi connectivity index (χ0) is 22.9. The Balaban J connectivity index is 1.95. The number of aliphatic hydroxyl groups is 1. The van der Waals surface area contributed by atoms with Crippen LogP contribution >= 0.6 is 0 Å². The summed E-state index contributed by atoms with van der Waals surface area (Å²) in [6, 6.07) is 10.0. The van der Waals surface area contributed by atoms with Gasteiger partial charge in [-0.3, -0.25) is 0 Å². The summed E-state index contributed by atoms with van der Waals surface area (Å²) in [6.07, 6.45) is 11.7. The molecule has 1 N–H and O–H groups in total. The molecule has 1 aliphatic heterocycles. The minimum absolute atomic E-state index is 0.00833. The van der Waals surface area contributed by atoms with Gasteiger partial charge in [-0.15, -0.1) is 0 Å². The fourth-order valence-corrected chi connectivity index (χ4v) is 3.56. The molecule has 0 bridgehead atoms. The van der Waals surface area contributed by atoms with E-state index in [2.05, 4.69) is 11.7 Å². The number of aliphatic hydroxyl groups excluding tert-OH is 1. The van der Waals surface area contributed by atoms with Crippen LogP contribution in [-0.4, -0.2) is 42.3 Å². The Morgan fingerprint density at radius 3 is 2.58 bits per heavy atom. The maximum Gasteiger partial charge on any atom is 0.330 e. The van der Waals surface area contributed by atoms with Crippen molar-refractivity contribution in [1.82, 2.24) is 0 Å². The van der Waals surface area contributed by atoms with Crippen LogP contribution in [0.1, 0.15) is 39.7 Å². The fourth-order valence-electron chi connectivity index (χ4n) is 3.56. The Kier molecular flexibility index (Phi) is 9.69. The van der Waals surface area contributed by atoms with Crippen molar-refractivity contribution in [1.29, 1.82) is 0 Å². The summed E-state index contributed by atoms with van der Waals surface area (Å²) in [5, 5.41) is 10.6. The number of esters is 1. The van der Waals surface area contributed by atoms with Crippen LogP contribution in [0.5, 0.6) is 0 Å². The Hall–Kier alpha value is -2.21. The summed E-state index contributed by atoms with van der Waals surface area (Å²) >= 11 is 0. The number of ether oxygens (including phenoxy) is 3. The lowest BCUT2D eigenvalue weighted by Gasteiger charge is -2.41. The topological polar surface area (TPSA) is 65.0 Å². The van der Waals surface area contributed by atoms with Gasteiger partial charge in [0.15, 0.2) is 5.79 Å². The van der Waals surface area contributed by atoms with Crippen molar-refractivity contribution in [2.75, 3.05) is 7.11 Å². The number of benzene rings is 1. The Morgan fingerprint density at radius 2 is 1.90 bits per heavy atom. The van der Waals surface area contributed by atoms with E-state index < -0.39 is 11.9 Å². The van der Waals surface area contributed by atoms with E-state index in [1.165, 1.54) is 13.2 Å². The maximum atomic E-state index is 11.2. The lowest BCUT2D eigenvalue weighted by atomic mass is 9.94. The van der Waals surface area contributed by atoms with Gasteiger partial charge in [0.25, 0.3) is 0 Å². The van der Waals surface area contributed by atoms with Gasteiger partial charge in [-0.05, 0) is 25.8 Å². The van der Waals surface area contributed by atoms with E-state index in [0.717, 1.165) is 5.56 Å². The lowest BCUT2D eigenvalue weighted by Crippen LogP contribution is -2.46. The van der Waals surface area contributed by atoms with Crippen molar-refractivity contribution in [3.8, 4) is 0 Å². The number of rotatable bonds is 9. The normalized spacial score (nSPS) is 24.5. The van der Waals surface area contributed by atoms with Gasteiger partial charge in [0.2, 0.25) is 0 Å². The molecule has 1 saturated heterocycles. The molecule has 0 spiro atoms. The van der Waals surface area contributed by atoms with Crippen LogP contribution in [0.25, 0.3) is 0 Å². The monoisotopic (exact) mass is 428 g/mol. The van der Waals surface area contributed by atoms with Crippen molar-refractivity contribution < 1.29 is 24.1 Å². The van der Waals surface area contributed by atoms with Crippen LogP contribution < -0.4 is 0 Å². The quantitative estimate of drug-likeness (QED) is 0.269. The maximum absolute atomic E-state index is 11.2. The molecule has 170 valence electrons. The van der Waals surface area contributed by atoms with Gasteiger partial charge < -0.3 is 19.3 Å². The van der Waals surface area contributed by atoms with Crippen molar-refractivity contribution in [3.63, 3.8) is 0 Å².